The molecule has 6 nitrogen and oxygen atoms in total. The van der Waals surface area contributed by atoms with Gasteiger partial charge in [0.05, 0.1) is 11.8 Å². The lowest BCUT2D eigenvalue weighted by molar-refractivity contribution is 0.0990. The van der Waals surface area contributed by atoms with Gasteiger partial charge in [0.2, 0.25) is 0 Å². The van der Waals surface area contributed by atoms with Crippen LogP contribution in [-0.4, -0.2) is 16.6 Å². The maximum atomic E-state index is 12.9. The Morgan fingerprint density at radius 3 is 2.21 bits per heavy atom. The maximum Gasteiger partial charge on any atom is 0.266 e. The molecule has 0 unspecified atom stereocenters. The van der Waals surface area contributed by atoms with Gasteiger partial charge < -0.3 is 13.3 Å². The van der Waals surface area contributed by atoms with Crippen LogP contribution in [0.15, 0.2) is 55.4 Å². The van der Waals surface area contributed by atoms with Gasteiger partial charge in [-0.15, -0.1) is 0 Å². The number of hydrogen-bond acceptors (Lipinski definition) is 6. The van der Waals surface area contributed by atoms with E-state index in [-0.39, 0.29) is 22.9 Å². The van der Waals surface area contributed by atoms with Crippen LogP contribution < -0.4 is 0 Å². The molecule has 29 heavy (non-hydrogen) atoms. The first-order valence-electron chi connectivity index (χ1n) is 9.50. The molecule has 144 valence electrons. The Bertz CT molecular complexity index is 1220. The van der Waals surface area contributed by atoms with Crippen LogP contribution in [0, 0.1) is 0 Å². The summed E-state index contributed by atoms with van der Waals surface area (Å²) >= 11 is 0. The van der Waals surface area contributed by atoms with Gasteiger partial charge in [-0.05, 0) is 54.3 Å². The fourth-order valence-corrected chi connectivity index (χ4v) is 3.72. The van der Waals surface area contributed by atoms with E-state index < -0.39 is 0 Å². The van der Waals surface area contributed by atoms with Gasteiger partial charge >= 0.3 is 0 Å². The quantitative estimate of drug-likeness (QED) is 0.350. The van der Waals surface area contributed by atoms with Gasteiger partial charge in [-0.25, -0.2) is 0 Å². The molecule has 0 saturated carbocycles. The molecule has 0 amide bonds. The van der Waals surface area contributed by atoms with E-state index in [0.29, 0.717) is 34.1 Å². The Labute approximate surface area is 165 Å². The summed E-state index contributed by atoms with van der Waals surface area (Å²) < 4.78 is 16.6. The van der Waals surface area contributed by atoms with E-state index in [1.165, 1.54) is 12.3 Å². The van der Waals surface area contributed by atoms with Crippen molar-refractivity contribution in [2.45, 2.75) is 26.7 Å². The van der Waals surface area contributed by atoms with E-state index in [1.54, 1.807) is 18.2 Å². The first-order chi connectivity index (χ1) is 14.1. The number of benzene rings is 1. The van der Waals surface area contributed by atoms with Crippen molar-refractivity contribution in [3.05, 3.63) is 70.2 Å². The molecular weight excluding hydrogens is 370 g/mol. The zero-order valence-electron chi connectivity index (χ0n) is 15.9. The summed E-state index contributed by atoms with van der Waals surface area (Å²) in [6, 6.07) is 8.77. The Kier molecular flexibility index (Phi) is 3.87. The number of rotatable bonds is 4. The Morgan fingerprint density at radius 2 is 1.66 bits per heavy atom. The summed E-state index contributed by atoms with van der Waals surface area (Å²) in [5.74, 6) is 0.585. The summed E-state index contributed by atoms with van der Waals surface area (Å²) in [5, 5.41) is 0. The van der Waals surface area contributed by atoms with Crippen LogP contribution in [-0.2, 0) is 12.8 Å². The van der Waals surface area contributed by atoms with Crippen LogP contribution in [0.3, 0.4) is 0 Å². The van der Waals surface area contributed by atoms with Gasteiger partial charge in [-0.3, -0.25) is 9.59 Å². The first kappa shape index (κ1) is 17.4. The summed E-state index contributed by atoms with van der Waals surface area (Å²) in [5.41, 5.74) is 3.91. The highest BCUT2D eigenvalue weighted by Crippen LogP contribution is 2.33. The van der Waals surface area contributed by atoms with Crippen LogP contribution >= 0.6 is 0 Å². The van der Waals surface area contributed by atoms with Crippen LogP contribution in [0.1, 0.15) is 51.5 Å². The molecule has 0 spiro atoms. The molecule has 0 atom stereocenters. The molecule has 1 aliphatic carbocycles. The summed E-state index contributed by atoms with van der Waals surface area (Å²) in [6.45, 7) is 4.08. The number of aryl methyl sites for hydroxylation is 2. The average Bonchev–Trinajstić information content (AvgIpc) is 3.48. The lowest BCUT2D eigenvalue weighted by Gasteiger charge is -2.07. The minimum Gasteiger partial charge on any atom is -0.459 e. The Balaban J connectivity index is 1.52. The number of hydrogen-bond donors (Lipinski definition) is 0. The Morgan fingerprint density at radius 1 is 0.966 bits per heavy atom. The van der Waals surface area contributed by atoms with E-state index in [4.69, 9.17) is 13.3 Å². The number of ketones is 2. The lowest BCUT2D eigenvalue weighted by atomic mass is 9.96. The SMILES string of the molecule is CCc1cc2c(cc1CC)C(=O)C(=Cc1cc3oc(-c4ccco4)nc3o1)C2=O. The molecule has 1 aromatic carbocycles. The third kappa shape index (κ3) is 2.68. The fraction of sp³-hybridized carbons (Fsp3) is 0.174. The largest absolute Gasteiger partial charge is 0.459 e. The van der Waals surface area contributed by atoms with E-state index >= 15 is 0 Å². The van der Waals surface area contributed by atoms with Crippen molar-refractivity contribution in [2.75, 3.05) is 0 Å². The van der Waals surface area contributed by atoms with Crippen molar-refractivity contribution < 1.29 is 22.8 Å². The van der Waals surface area contributed by atoms with E-state index in [9.17, 15) is 9.59 Å². The van der Waals surface area contributed by atoms with E-state index in [0.717, 1.165) is 24.0 Å². The summed E-state index contributed by atoms with van der Waals surface area (Å²) in [4.78, 5) is 30.0. The topological polar surface area (TPSA) is 86.4 Å². The minimum atomic E-state index is -0.278. The van der Waals surface area contributed by atoms with Gasteiger partial charge in [-0.2, -0.15) is 4.98 Å². The third-order valence-corrected chi connectivity index (χ3v) is 5.21. The highest BCUT2D eigenvalue weighted by atomic mass is 16.4. The van der Waals surface area contributed by atoms with Crippen LogP contribution in [0.2, 0.25) is 0 Å². The summed E-state index contributed by atoms with van der Waals surface area (Å²) in [6.07, 6.45) is 4.62. The van der Waals surface area contributed by atoms with E-state index in [1.807, 2.05) is 26.0 Å². The number of aromatic nitrogens is 1. The third-order valence-electron chi connectivity index (χ3n) is 5.21. The second-order valence-corrected chi connectivity index (χ2v) is 6.90. The van der Waals surface area contributed by atoms with Gasteiger partial charge in [0.1, 0.15) is 5.76 Å². The van der Waals surface area contributed by atoms with Gasteiger partial charge in [0, 0.05) is 17.2 Å². The molecule has 4 aromatic rings. The van der Waals surface area contributed by atoms with Crippen LogP contribution in [0.4, 0.5) is 0 Å². The van der Waals surface area contributed by atoms with Crippen molar-refractivity contribution in [3.63, 3.8) is 0 Å². The van der Waals surface area contributed by atoms with Crippen molar-refractivity contribution in [2.24, 2.45) is 0 Å². The minimum absolute atomic E-state index is 0.0953. The highest BCUT2D eigenvalue weighted by molar-refractivity contribution is 6.41. The number of carbonyl (C=O) groups excluding carboxylic acids is 2. The van der Waals surface area contributed by atoms with Crippen molar-refractivity contribution in [1.82, 2.24) is 4.98 Å². The predicted octanol–water partition coefficient (Wildman–Crippen LogP) is 5.27. The zero-order valence-corrected chi connectivity index (χ0v) is 15.9. The number of allylic oxidation sites excluding steroid dienone is 1. The number of nitrogens with zero attached hydrogens (tertiary/aromatic N) is 1. The molecular formula is C23H17NO5. The predicted molar refractivity (Wildman–Crippen MR) is 106 cm³/mol. The molecule has 0 bridgehead atoms. The number of oxazole rings is 1. The normalized spacial score (nSPS) is 13.5. The average molecular weight is 387 g/mol. The van der Waals surface area contributed by atoms with Crippen molar-refractivity contribution in [3.8, 4) is 11.7 Å². The number of furan rings is 2. The first-order valence-corrected chi connectivity index (χ1v) is 9.50. The number of Topliss-reactive ketones (excluding diaryl/α,β-unsaturated/α-hetero) is 2. The molecule has 3 aromatic heterocycles. The second-order valence-electron chi connectivity index (χ2n) is 6.90. The van der Waals surface area contributed by atoms with Crippen LogP contribution in [0.25, 0.3) is 29.0 Å². The molecule has 0 fully saturated rings. The zero-order chi connectivity index (χ0) is 20.1. The lowest BCUT2D eigenvalue weighted by Crippen LogP contribution is -1.99. The molecule has 5 rings (SSSR count). The van der Waals surface area contributed by atoms with E-state index in [2.05, 4.69) is 4.98 Å². The van der Waals surface area contributed by atoms with Crippen molar-refractivity contribution in [1.29, 1.82) is 0 Å². The monoisotopic (exact) mass is 387 g/mol. The Hall–Kier alpha value is -3.67. The standard InChI is InChI=1S/C23H17NO5/c1-3-12-8-15-16(9-13(12)4-2)21(26)17(20(15)25)10-14-11-19-23(28-14)24-22(29-19)18-6-5-7-27-18/h5-11H,3-4H2,1-2H3. The summed E-state index contributed by atoms with van der Waals surface area (Å²) in [7, 11) is 0. The van der Waals surface area contributed by atoms with Gasteiger partial charge in [0.25, 0.3) is 11.6 Å². The molecule has 0 saturated heterocycles. The highest BCUT2D eigenvalue weighted by Gasteiger charge is 2.34. The number of carbonyl (C=O) groups is 2. The second kappa shape index (κ2) is 6.44. The fourth-order valence-electron chi connectivity index (χ4n) is 3.72. The van der Waals surface area contributed by atoms with Gasteiger partial charge in [-0.1, -0.05) is 13.8 Å². The molecule has 1 aliphatic rings. The molecule has 3 heterocycles. The molecule has 0 N–H and O–H groups in total. The number of fused-ring (bicyclic) bond motifs is 2. The van der Waals surface area contributed by atoms with Crippen molar-refractivity contribution >= 4 is 28.9 Å². The maximum absolute atomic E-state index is 12.9. The molecule has 0 radical (unpaired) electrons. The molecule has 0 aliphatic heterocycles. The smallest absolute Gasteiger partial charge is 0.266 e. The molecule has 6 heteroatoms. The van der Waals surface area contributed by atoms with Gasteiger partial charge in [0.15, 0.2) is 22.9 Å². The van der Waals surface area contributed by atoms with Crippen LogP contribution in [0.5, 0.6) is 0 Å².